The van der Waals surface area contributed by atoms with Crippen molar-refractivity contribution in [1.82, 2.24) is 9.97 Å². The van der Waals surface area contributed by atoms with Crippen LogP contribution in [-0.4, -0.2) is 27.6 Å². The molecule has 0 atom stereocenters. The van der Waals surface area contributed by atoms with Crippen LogP contribution in [0.4, 0.5) is 10.3 Å². The van der Waals surface area contributed by atoms with E-state index in [0.717, 1.165) is 0 Å². The summed E-state index contributed by atoms with van der Waals surface area (Å²) in [6, 6.07) is 7.90. The minimum Gasteiger partial charge on any atom is -0.477 e. The molecule has 20 heavy (non-hydrogen) atoms. The summed E-state index contributed by atoms with van der Waals surface area (Å²) < 4.78 is 13.4. The molecule has 0 aliphatic heterocycles. The molecule has 0 aliphatic carbocycles. The maximum atomic E-state index is 13.4. The highest BCUT2D eigenvalue weighted by atomic mass is 19.1. The first-order chi connectivity index (χ1) is 9.56. The van der Waals surface area contributed by atoms with Crippen LogP contribution in [0.5, 0.6) is 0 Å². The summed E-state index contributed by atoms with van der Waals surface area (Å²) in [7, 11) is 0. The summed E-state index contributed by atoms with van der Waals surface area (Å²) in [5, 5.41) is 11.8. The Morgan fingerprint density at radius 2 is 2.10 bits per heavy atom. The Bertz CT molecular complexity index is 632. The van der Waals surface area contributed by atoms with E-state index in [2.05, 4.69) is 15.3 Å². The molecule has 0 saturated heterocycles. The number of rotatable bonds is 5. The maximum absolute atomic E-state index is 13.4. The van der Waals surface area contributed by atoms with Gasteiger partial charge in [0.15, 0.2) is 5.69 Å². The number of nitrogens with zero attached hydrogens (tertiary/aromatic N) is 2. The molecule has 104 valence electrons. The predicted molar refractivity (Wildman–Crippen MR) is 72.3 cm³/mol. The molecule has 5 nitrogen and oxygen atoms in total. The molecule has 2 N–H and O–H groups in total. The number of carbonyl (C=O) groups is 1. The number of nitrogens with one attached hydrogen (secondary N) is 1. The molecule has 0 radical (unpaired) electrons. The van der Waals surface area contributed by atoms with Crippen LogP contribution in [0.25, 0.3) is 0 Å². The minimum atomic E-state index is -1.10. The smallest absolute Gasteiger partial charge is 0.354 e. The molecule has 0 unspecified atom stereocenters. The Kier molecular flexibility index (Phi) is 4.24. The van der Waals surface area contributed by atoms with Gasteiger partial charge in [-0.15, -0.1) is 0 Å². The average Bonchev–Trinajstić information content (AvgIpc) is 2.40. The van der Waals surface area contributed by atoms with Crippen molar-refractivity contribution >= 4 is 11.9 Å². The summed E-state index contributed by atoms with van der Waals surface area (Å²) >= 11 is 0. The molecule has 2 rings (SSSR count). The van der Waals surface area contributed by atoms with Gasteiger partial charge in [-0.3, -0.25) is 0 Å². The first-order valence-corrected chi connectivity index (χ1v) is 6.12. The highest BCUT2D eigenvalue weighted by molar-refractivity contribution is 5.85. The Morgan fingerprint density at radius 1 is 1.35 bits per heavy atom. The average molecular weight is 275 g/mol. The first kappa shape index (κ1) is 13.9. The maximum Gasteiger partial charge on any atom is 0.354 e. The largest absolute Gasteiger partial charge is 0.477 e. The van der Waals surface area contributed by atoms with Gasteiger partial charge in [0, 0.05) is 12.2 Å². The fourth-order valence-electron chi connectivity index (χ4n) is 1.77. The number of aromatic nitrogens is 2. The number of hydrogen-bond acceptors (Lipinski definition) is 4. The lowest BCUT2D eigenvalue weighted by Crippen LogP contribution is -2.12. The molecular weight excluding hydrogens is 261 g/mol. The number of carboxylic acid groups (broad SMARTS) is 1. The number of benzene rings is 1. The molecule has 0 fully saturated rings. The first-order valence-electron chi connectivity index (χ1n) is 6.12. The lowest BCUT2D eigenvalue weighted by atomic mass is 10.1. The highest BCUT2D eigenvalue weighted by Crippen LogP contribution is 2.08. The zero-order valence-electron chi connectivity index (χ0n) is 10.9. The number of carboxylic acids is 1. The normalized spacial score (nSPS) is 10.3. The van der Waals surface area contributed by atoms with E-state index in [9.17, 15) is 9.18 Å². The van der Waals surface area contributed by atoms with Crippen LogP contribution in [-0.2, 0) is 6.42 Å². The highest BCUT2D eigenvalue weighted by Gasteiger charge is 2.08. The third-order valence-corrected chi connectivity index (χ3v) is 2.71. The number of aromatic carboxylic acids is 1. The SMILES string of the molecule is Cc1cc(C(=O)O)nc(NCCc2ccccc2F)n1. The molecular formula is C14H14FN3O2. The van der Waals surface area contributed by atoms with Crippen LogP contribution >= 0.6 is 0 Å². The van der Waals surface area contributed by atoms with Gasteiger partial charge in [0.25, 0.3) is 0 Å². The monoisotopic (exact) mass is 275 g/mol. The van der Waals surface area contributed by atoms with Gasteiger partial charge in [0.05, 0.1) is 0 Å². The second-order valence-corrected chi connectivity index (χ2v) is 4.29. The van der Waals surface area contributed by atoms with Crippen molar-refractivity contribution in [3.05, 3.63) is 53.1 Å². The van der Waals surface area contributed by atoms with Crippen LogP contribution in [0, 0.1) is 12.7 Å². The third-order valence-electron chi connectivity index (χ3n) is 2.71. The molecule has 0 saturated carbocycles. The van der Waals surface area contributed by atoms with Crippen LogP contribution in [0.3, 0.4) is 0 Å². The number of halogens is 1. The van der Waals surface area contributed by atoms with Crippen molar-refractivity contribution in [1.29, 1.82) is 0 Å². The van der Waals surface area contributed by atoms with Crippen molar-refractivity contribution in [2.75, 3.05) is 11.9 Å². The molecule has 6 heteroatoms. The second-order valence-electron chi connectivity index (χ2n) is 4.29. The number of hydrogen-bond donors (Lipinski definition) is 2. The summed E-state index contributed by atoms with van der Waals surface area (Å²) in [4.78, 5) is 18.8. The standard InChI is InChI=1S/C14H14FN3O2/c1-9-8-12(13(19)20)18-14(17-9)16-7-6-10-4-2-3-5-11(10)15/h2-5,8H,6-7H2,1H3,(H,19,20)(H,16,17,18). The Morgan fingerprint density at radius 3 is 2.80 bits per heavy atom. The molecule has 1 aromatic carbocycles. The van der Waals surface area contributed by atoms with Crippen LogP contribution < -0.4 is 5.32 Å². The van der Waals surface area contributed by atoms with Crippen molar-refractivity contribution in [2.24, 2.45) is 0 Å². The van der Waals surface area contributed by atoms with E-state index in [1.54, 1.807) is 25.1 Å². The van der Waals surface area contributed by atoms with E-state index in [0.29, 0.717) is 24.2 Å². The number of aryl methyl sites for hydroxylation is 1. The van der Waals surface area contributed by atoms with Gasteiger partial charge in [0.1, 0.15) is 5.82 Å². The van der Waals surface area contributed by atoms with Crippen molar-refractivity contribution in [2.45, 2.75) is 13.3 Å². The van der Waals surface area contributed by atoms with E-state index in [-0.39, 0.29) is 17.5 Å². The van der Waals surface area contributed by atoms with E-state index < -0.39 is 5.97 Å². The molecule has 2 aromatic rings. The molecule has 0 spiro atoms. The second kappa shape index (κ2) is 6.10. The molecule has 1 aromatic heterocycles. The lowest BCUT2D eigenvalue weighted by Gasteiger charge is -2.07. The van der Waals surface area contributed by atoms with E-state index in [1.165, 1.54) is 12.1 Å². The van der Waals surface area contributed by atoms with Gasteiger partial charge >= 0.3 is 5.97 Å². The van der Waals surface area contributed by atoms with Gasteiger partial charge in [-0.2, -0.15) is 0 Å². The number of anilines is 1. The summed E-state index contributed by atoms with van der Waals surface area (Å²) in [5.74, 6) is -1.13. The molecule has 0 amide bonds. The molecule has 0 bridgehead atoms. The van der Waals surface area contributed by atoms with E-state index in [1.807, 2.05) is 0 Å². The van der Waals surface area contributed by atoms with Gasteiger partial charge < -0.3 is 10.4 Å². The van der Waals surface area contributed by atoms with Gasteiger partial charge in [0.2, 0.25) is 5.95 Å². The summed E-state index contributed by atoms with van der Waals surface area (Å²) in [6.45, 7) is 2.11. The minimum absolute atomic E-state index is 0.0640. The predicted octanol–water partition coefficient (Wildman–Crippen LogP) is 2.28. The third kappa shape index (κ3) is 3.50. The van der Waals surface area contributed by atoms with Crippen LogP contribution in [0.15, 0.2) is 30.3 Å². The topological polar surface area (TPSA) is 75.1 Å². The molecule has 0 aliphatic rings. The summed E-state index contributed by atoms with van der Waals surface area (Å²) in [6.07, 6.45) is 0.465. The lowest BCUT2D eigenvalue weighted by molar-refractivity contribution is 0.0690. The Labute approximate surface area is 115 Å². The fourth-order valence-corrected chi connectivity index (χ4v) is 1.77. The van der Waals surface area contributed by atoms with Crippen molar-refractivity contribution in [3.63, 3.8) is 0 Å². The van der Waals surface area contributed by atoms with Gasteiger partial charge in [-0.1, -0.05) is 18.2 Å². The fraction of sp³-hybridized carbons (Fsp3) is 0.214. The van der Waals surface area contributed by atoms with E-state index >= 15 is 0 Å². The van der Waals surface area contributed by atoms with E-state index in [4.69, 9.17) is 5.11 Å². The van der Waals surface area contributed by atoms with Gasteiger partial charge in [-0.25, -0.2) is 19.2 Å². The van der Waals surface area contributed by atoms with Crippen molar-refractivity contribution in [3.8, 4) is 0 Å². The Balaban J connectivity index is 2.01. The summed E-state index contributed by atoms with van der Waals surface area (Å²) in [5.41, 5.74) is 1.09. The Hall–Kier alpha value is -2.50. The molecule has 1 heterocycles. The van der Waals surface area contributed by atoms with Gasteiger partial charge in [-0.05, 0) is 31.0 Å². The van der Waals surface area contributed by atoms with Crippen LogP contribution in [0.2, 0.25) is 0 Å². The zero-order valence-corrected chi connectivity index (χ0v) is 10.9. The van der Waals surface area contributed by atoms with Crippen molar-refractivity contribution < 1.29 is 14.3 Å². The van der Waals surface area contributed by atoms with Crippen LogP contribution in [0.1, 0.15) is 21.7 Å². The quantitative estimate of drug-likeness (QED) is 0.875. The zero-order chi connectivity index (χ0) is 14.5.